The number of aliphatic hydroxyl groups excluding tert-OH is 1. The number of urea groups is 1. The molecule has 0 saturated heterocycles. The highest BCUT2D eigenvalue weighted by atomic mass is 16.5. The smallest absolute Gasteiger partial charge is 0.315 e. The highest BCUT2D eigenvalue weighted by Crippen LogP contribution is 2.12. The quantitative estimate of drug-likeness (QED) is 0.749. The van der Waals surface area contributed by atoms with Gasteiger partial charge >= 0.3 is 6.03 Å². The maximum Gasteiger partial charge on any atom is 0.315 e. The van der Waals surface area contributed by atoms with Gasteiger partial charge < -0.3 is 20.3 Å². The predicted molar refractivity (Wildman–Crippen MR) is 80.2 cm³/mol. The molecule has 7 heteroatoms. The van der Waals surface area contributed by atoms with E-state index in [0.717, 1.165) is 5.56 Å². The topological polar surface area (TPSA) is 100 Å². The number of carbonyl (C=O) groups is 1. The lowest BCUT2D eigenvalue weighted by Gasteiger charge is -2.14. The number of hydrogen-bond acceptors (Lipinski definition) is 5. The van der Waals surface area contributed by atoms with Gasteiger partial charge in [-0.05, 0) is 19.4 Å². The number of amides is 2. The van der Waals surface area contributed by atoms with Crippen LogP contribution in [0.25, 0.3) is 0 Å². The summed E-state index contributed by atoms with van der Waals surface area (Å²) in [5.41, 5.74) is 1.09. The van der Waals surface area contributed by atoms with E-state index < -0.39 is 12.1 Å². The van der Waals surface area contributed by atoms with Crippen LogP contribution in [0.2, 0.25) is 0 Å². The van der Waals surface area contributed by atoms with Gasteiger partial charge in [0.15, 0.2) is 5.82 Å². The Labute approximate surface area is 128 Å². The molecular formula is C15H20N4O3. The largest absolute Gasteiger partial charge is 0.394 e. The zero-order valence-corrected chi connectivity index (χ0v) is 12.6. The van der Waals surface area contributed by atoms with Crippen molar-refractivity contribution in [3.8, 4) is 0 Å². The standard InChI is InChI=1S/C15H20N4O3/c1-10(9-20)16-15(21)17-11(2)14-18-13(19-22-14)8-12-6-4-3-5-7-12/h3-7,10-11,20H,8-9H2,1-2H3,(H2,16,17,21)/t10-,11+/m0/s1. The van der Waals surface area contributed by atoms with E-state index in [0.29, 0.717) is 18.1 Å². The van der Waals surface area contributed by atoms with E-state index in [-0.39, 0.29) is 12.6 Å². The second-order valence-corrected chi connectivity index (χ2v) is 5.13. The molecule has 0 fully saturated rings. The monoisotopic (exact) mass is 304 g/mol. The molecular weight excluding hydrogens is 284 g/mol. The van der Waals surface area contributed by atoms with E-state index in [9.17, 15) is 4.79 Å². The number of benzene rings is 1. The van der Waals surface area contributed by atoms with Gasteiger partial charge in [0.25, 0.3) is 0 Å². The molecule has 2 rings (SSSR count). The minimum Gasteiger partial charge on any atom is -0.394 e. The number of carbonyl (C=O) groups excluding carboxylic acids is 1. The molecule has 0 aliphatic heterocycles. The summed E-state index contributed by atoms with van der Waals surface area (Å²) in [7, 11) is 0. The van der Waals surface area contributed by atoms with Crippen molar-refractivity contribution >= 4 is 6.03 Å². The van der Waals surface area contributed by atoms with Gasteiger partial charge in [0.1, 0.15) is 6.04 Å². The van der Waals surface area contributed by atoms with Crippen LogP contribution in [0.5, 0.6) is 0 Å². The average molecular weight is 304 g/mol. The van der Waals surface area contributed by atoms with Gasteiger partial charge in [-0.15, -0.1) is 0 Å². The third-order valence-corrected chi connectivity index (χ3v) is 3.06. The van der Waals surface area contributed by atoms with Crippen molar-refractivity contribution in [3.05, 3.63) is 47.6 Å². The third kappa shape index (κ3) is 4.56. The summed E-state index contributed by atoms with van der Waals surface area (Å²) in [6.45, 7) is 3.33. The third-order valence-electron chi connectivity index (χ3n) is 3.06. The van der Waals surface area contributed by atoms with Gasteiger partial charge in [-0.3, -0.25) is 0 Å². The first-order valence-electron chi connectivity index (χ1n) is 7.12. The fourth-order valence-electron chi connectivity index (χ4n) is 1.86. The van der Waals surface area contributed by atoms with Crippen LogP contribution in [0.3, 0.4) is 0 Å². The second-order valence-electron chi connectivity index (χ2n) is 5.13. The maximum absolute atomic E-state index is 11.7. The Morgan fingerprint density at radius 1 is 1.27 bits per heavy atom. The molecule has 0 unspecified atom stereocenters. The highest BCUT2D eigenvalue weighted by molar-refractivity contribution is 5.74. The number of rotatable bonds is 6. The van der Waals surface area contributed by atoms with Gasteiger partial charge in [0, 0.05) is 6.42 Å². The SMILES string of the molecule is C[C@@H](CO)NC(=O)N[C@H](C)c1nc(Cc2ccccc2)no1. The van der Waals surface area contributed by atoms with Crippen LogP contribution in [-0.2, 0) is 6.42 Å². The summed E-state index contributed by atoms with van der Waals surface area (Å²) >= 11 is 0. The van der Waals surface area contributed by atoms with Crippen molar-refractivity contribution in [3.63, 3.8) is 0 Å². The first-order chi connectivity index (χ1) is 10.6. The Hall–Kier alpha value is -2.41. The molecule has 118 valence electrons. The number of aromatic nitrogens is 2. The minimum atomic E-state index is -0.414. The molecule has 2 amide bonds. The lowest BCUT2D eigenvalue weighted by Crippen LogP contribution is -2.43. The summed E-state index contributed by atoms with van der Waals surface area (Å²) in [5.74, 6) is 0.914. The van der Waals surface area contributed by atoms with Crippen LogP contribution in [0.1, 0.15) is 37.2 Å². The van der Waals surface area contributed by atoms with Crippen LogP contribution in [-0.4, -0.2) is 33.9 Å². The molecule has 1 heterocycles. The number of aliphatic hydroxyl groups is 1. The lowest BCUT2D eigenvalue weighted by atomic mass is 10.1. The Morgan fingerprint density at radius 2 is 2.00 bits per heavy atom. The molecule has 22 heavy (non-hydrogen) atoms. The van der Waals surface area contributed by atoms with E-state index in [2.05, 4.69) is 20.8 Å². The number of nitrogens with zero attached hydrogens (tertiary/aromatic N) is 2. The normalized spacial score (nSPS) is 13.4. The molecule has 0 aliphatic rings. The van der Waals surface area contributed by atoms with Gasteiger partial charge in [-0.1, -0.05) is 35.5 Å². The van der Waals surface area contributed by atoms with Crippen LogP contribution in [0.4, 0.5) is 4.79 Å². The van der Waals surface area contributed by atoms with Crippen molar-refractivity contribution in [1.82, 2.24) is 20.8 Å². The Morgan fingerprint density at radius 3 is 2.68 bits per heavy atom. The molecule has 0 aliphatic carbocycles. The Kier molecular flexibility index (Phi) is 5.48. The highest BCUT2D eigenvalue weighted by Gasteiger charge is 2.17. The van der Waals surface area contributed by atoms with E-state index in [1.165, 1.54) is 0 Å². The molecule has 0 radical (unpaired) electrons. The van der Waals surface area contributed by atoms with Gasteiger partial charge in [0.05, 0.1) is 12.6 Å². The Bertz CT molecular complexity index is 600. The fraction of sp³-hybridized carbons (Fsp3) is 0.400. The molecule has 0 spiro atoms. The van der Waals surface area contributed by atoms with E-state index in [1.807, 2.05) is 30.3 Å². The molecule has 7 nitrogen and oxygen atoms in total. The summed E-state index contributed by atoms with van der Waals surface area (Å²) < 4.78 is 5.18. The average Bonchev–Trinajstić information content (AvgIpc) is 2.96. The van der Waals surface area contributed by atoms with Crippen LogP contribution < -0.4 is 10.6 Å². The summed E-state index contributed by atoms with van der Waals surface area (Å²) in [5, 5.41) is 18.1. The fourth-order valence-corrected chi connectivity index (χ4v) is 1.86. The van der Waals surface area contributed by atoms with Crippen LogP contribution in [0.15, 0.2) is 34.9 Å². The minimum absolute atomic E-state index is 0.121. The molecule has 3 N–H and O–H groups in total. The first-order valence-corrected chi connectivity index (χ1v) is 7.12. The van der Waals surface area contributed by atoms with Crippen LogP contribution in [0, 0.1) is 0 Å². The zero-order chi connectivity index (χ0) is 15.9. The molecule has 2 aromatic rings. The van der Waals surface area contributed by atoms with Gasteiger partial charge in [-0.25, -0.2) is 4.79 Å². The lowest BCUT2D eigenvalue weighted by molar-refractivity contribution is 0.215. The van der Waals surface area contributed by atoms with Crippen molar-refractivity contribution in [2.75, 3.05) is 6.61 Å². The zero-order valence-electron chi connectivity index (χ0n) is 12.6. The van der Waals surface area contributed by atoms with Crippen molar-refractivity contribution in [1.29, 1.82) is 0 Å². The van der Waals surface area contributed by atoms with E-state index in [4.69, 9.17) is 9.63 Å². The molecule has 0 saturated carbocycles. The van der Waals surface area contributed by atoms with E-state index >= 15 is 0 Å². The summed E-state index contributed by atoms with van der Waals surface area (Å²) in [6, 6.07) is 8.70. The molecule has 2 atom stereocenters. The van der Waals surface area contributed by atoms with Crippen LogP contribution >= 0.6 is 0 Å². The van der Waals surface area contributed by atoms with Crippen molar-refractivity contribution in [2.45, 2.75) is 32.4 Å². The predicted octanol–water partition coefficient (Wildman–Crippen LogP) is 1.40. The van der Waals surface area contributed by atoms with E-state index in [1.54, 1.807) is 13.8 Å². The second kappa shape index (κ2) is 7.56. The number of hydrogen-bond donors (Lipinski definition) is 3. The van der Waals surface area contributed by atoms with Gasteiger partial charge in [0.2, 0.25) is 5.89 Å². The summed E-state index contributed by atoms with van der Waals surface area (Å²) in [4.78, 5) is 16.0. The summed E-state index contributed by atoms with van der Waals surface area (Å²) in [6.07, 6.45) is 0.574. The molecule has 1 aromatic carbocycles. The van der Waals surface area contributed by atoms with Gasteiger partial charge in [-0.2, -0.15) is 4.98 Å². The molecule has 1 aromatic heterocycles. The first kappa shape index (κ1) is 16.0. The molecule has 0 bridgehead atoms. The Balaban J connectivity index is 1.91. The van der Waals surface area contributed by atoms with Crippen molar-refractivity contribution in [2.24, 2.45) is 0 Å². The maximum atomic E-state index is 11.7. The number of nitrogens with one attached hydrogen (secondary N) is 2. The van der Waals surface area contributed by atoms with Crippen molar-refractivity contribution < 1.29 is 14.4 Å².